The largest absolute Gasteiger partial charge is 0.457 e. The Kier molecular flexibility index (Phi) is 4.04. The molecule has 0 radical (unpaired) electrons. The number of anilines is 1. The van der Waals surface area contributed by atoms with Gasteiger partial charge in [0.25, 0.3) is 0 Å². The fourth-order valence-corrected chi connectivity index (χ4v) is 2.28. The standard InChI is InChI=1S/C17H16N2O2/c18-13-14-1-5-16(6-2-14)21-17-7-3-15(4-8-17)19-9-11-20-12-10-19/h1-8H,9-12H2. The second kappa shape index (κ2) is 6.29. The third-order valence-corrected chi connectivity index (χ3v) is 3.43. The highest BCUT2D eigenvalue weighted by molar-refractivity contribution is 5.50. The number of hydrogen-bond donors (Lipinski definition) is 0. The van der Waals surface area contributed by atoms with Gasteiger partial charge in [-0.1, -0.05) is 0 Å². The Balaban J connectivity index is 1.67. The molecule has 4 heteroatoms. The van der Waals surface area contributed by atoms with Crippen molar-refractivity contribution in [2.24, 2.45) is 0 Å². The van der Waals surface area contributed by atoms with Crippen molar-refractivity contribution in [2.45, 2.75) is 0 Å². The normalized spacial score (nSPS) is 14.5. The average molecular weight is 280 g/mol. The van der Waals surface area contributed by atoms with E-state index in [2.05, 4.69) is 23.1 Å². The van der Waals surface area contributed by atoms with E-state index in [0.717, 1.165) is 37.8 Å². The van der Waals surface area contributed by atoms with Gasteiger partial charge in [-0.25, -0.2) is 0 Å². The molecule has 0 atom stereocenters. The smallest absolute Gasteiger partial charge is 0.127 e. The Morgan fingerprint density at radius 3 is 2.05 bits per heavy atom. The summed E-state index contributed by atoms with van der Waals surface area (Å²) >= 11 is 0. The molecule has 0 aromatic heterocycles. The SMILES string of the molecule is N#Cc1ccc(Oc2ccc(N3CCOCC3)cc2)cc1. The fourth-order valence-electron chi connectivity index (χ4n) is 2.28. The summed E-state index contributed by atoms with van der Waals surface area (Å²) in [6, 6.07) is 17.2. The third-order valence-electron chi connectivity index (χ3n) is 3.43. The van der Waals surface area contributed by atoms with Gasteiger partial charge in [0.15, 0.2) is 0 Å². The molecule has 3 rings (SSSR count). The molecule has 0 aliphatic carbocycles. The highest BCUT2D eigenvalue weighted by Gasteiger charge is 2.10. The van der Waals surface area contributed by atoms with Gasteiger partial charge in [0.1, 0.15) is 11.5 Å². The minimum Gasteiger partial charge on any atom is -0.457 e. The van der Waals surface area contributed by atoms with Gasteiger partial charge in [0, 0.05) is 18.8 Å². The summed E-state index contributed by atoms with van der Waals surface area (Å²) in [4.78, 5) is 2.30. The lowest BCUT2D eigenvalue weighted by atomic mass is 10.2. The van der Waals surface area contributed by atoms with Crippen LogP contribution in [0.3, 0.4) is 0 Å². The number of ether oxygens (including phenoxy) is 2. The Morgan fingerprint density at radius 1 is 0.905 bits per heavy atom. The lowest BCUT2D eigenvalue weighted by Gasteiger charge is -2.28. The zero-order chi connectivity index (χ0) is 14.5. The van der Waals surface area contributed by atoms with Crippen molar-refractivity contribution < 1.29 is 9.47 Å². The number of hydrogen-bond acceptors (Lipinski definition) is 4. The van der Waals surface area contributed by atoms with Crippen LogP contribution in [0.4, 0.5) is 5.69 Å². The second-order valence-electron chi connectivity index (χ2n) is 4.83. The van der Waals surface area contributed by atoms with Crippen molar-refractivity contribution in [3.8, 4) is 17.6 Å². The predicted molar refractivity (Wildman–Crippen MR) is 80.7 cm³/mol. The Hall–Kier alpha value is -2.51. The molecule has 1 aliphatic heterocycles. The number of nitriles is 1. The topological polar surface area (TPSA) is 45.5 Å². The minimum absolute atomic E-state index is 0.630. The van der Waals surface area contributed by atoms with Gasteiger partial charge in [-0.2, -0.15) is 5.26 Å². The van der Waals surface area contributed by atoms with Crippen LogP contribution in [0.25, 0.3) is 0 Å². The summed E-state index contributed by atoms with van der Waals surface area (Å²) in [6.45, 7) is 3.42. The van der Waals surface area contributed by atoms with E-state index < -0.39 is 0 Å². The van der Waals surface area contributed by atoms with Gasteiger partial charge in [-0.3, -0.25) is 0 Å². The first kappa shape index (κ1) is 13.5. The Bertz CT molecular complexity index is 623. The molecule has 1 heterocycles. The number of rotatable bonds is 3. The van der Waals surface area contributed by atoms with Crippen molar-refractivity contribution in [1.82, 2.24) is 0 Å². The monoisotopic (exact) mass is 280 g/mol. The van der Waals surface area contributed by atoms with E-state index in [1.165, 1.54) is 5.69 Å². The third kappa shape index (κ3) is 3.33. The van der Waals surface area contributed by atoms with Crippen molar-refractivity contribution in [2.75, 3.05) is 31.2 Å². The van der Waals surface area contributed by atoms with Gasteiger partial charge in [-0.05, 0) is 48.5 Å². The zero-order valence-corrected chi connectivity index (χ0v) is 11.7. The number of benzene rings is 2. The highest BCUT2D eigenvalue weighted by atomic mass is 16.5. The first-order valence-electron chi connectivity index (χ1n) is 6.96. The van der Waals surface area contributed by atoms with Crippen LogP contribution < -0.4 is 9.64 Å². The molecule has 0 bridgehead atoms. The van der Waals surface area contributed by atoms with Crippen LogP contribution >= 0.6 is 0 Å². The van der Waals surface area contributed by atoms with Crippen LogP contribution in [0.1, 0.15) is 5.56 Å². The summed E-state index contributed by atoms with van der Waals surface area (Å²) in [5, 5.41) is 8.77. The molecule has 4 nitrogen and oxygen atoms in total. The summed E-state index contributed by atoms with van der Waals surface area (Å²) in [7, 11) is 0. The van der Waals surface area contributed by atoms with Gasteiger partial charge in [0.2, 0.25) is 0 Å². The summed E-state index contributed by atoms with van der Waals surface area (Å²) < 4.78 is 11.1. The van der Waals surface area contributed by atoms with E-state index in [0.29, 0.717) is 5.56 Å². The second-order valence-corrected chi connectivity index (χ2v) is 4.83. The van der Waals surface area contributed by atoms with Gasteiger partial charge >= 0.3 is 0 Å². The van der Waals surface area contributed by atoms with E-state index in [-0.39, 0.29) is 0 Å². The molecule has 2 aromatic carbocycles. The molecule has 0 amide bonds. The first-order chi connectivity index (χ1) is 10.3. The Morgan fingerprint density at radius 2 is 1.48 bits per heavy atom. The molecule has 0 saturated carbocycles. The molecular weight excluding hydrogens is 264 g/mol. The van der Waals surface area contributed by atoms with Crippen LogP contribution in [0.5, 0.6) is 11.5 Å². The number of nitrogens with zero attached hydrogens (tertiary/aromatic N) is 2. The van der Waals surface area contributed by atoms with Crippen LogP contribution in [0.2, 0.25) is 0 Å². The average Bonchev–Trinajstić information content (AvgIpc) is 2.57. The lowest BCUT2D eigenvalue weighted by Crippen LogP contribution is -2.36. The molecule has 1 aliphatic rings. The van der Waals surface area contributed by atoms with Crippen molar-refractivity contribution in [3.05, 3.63) is 54.1 Å². The minimum atomic E-state index is 0.630. The van der Waals surface area contributed by atoms with Crippen molar-refractivity contribution in [1.29, 1.82) is 5.26 Å². The quantitative estimate of drug-likeness (QED) is 0.866. The van der Waals surface area contributed by atoms with E-state index in [1.54, 1.807) is 24.3 Å². The molecule has 1 fully saturated rings. The molecule has 1 saturated heterocycles. The molecule has 21 heavy (non-hydrogen) atoms. The maximum absolute atomic E-state index is 8.77. The van der Waals surface area contributed by atoms with Gasteiger partial charge in [0.05, 0.1) is 24.8 Å². The Labute approximate surface area is 124 Å². The van der Waals surface area contributed by atoms with E-state index >= 15 is 0 Å². The van der Waals surface area contributed by atoms with Gasteiger partial charge in [-0.15, -0.1) is 0 Å². The van der Waals surface area contributed by atoms with Crippen LogP contribution in [-0.2, 0) is 4.74 Å². The summed E-state index contributed by atoms with van der Waals surface area (Å²) in [5.41, 5.74) is 1.82. The van der Waals surface area contributed by atoms with Crippen LogP contribution in [0, 0.1) is 11.3 Å². The van der Waals surface area contributed by atoms with E-state index in [4.69, 9.17) is 14.7 Å². The van der Waals surface area contributed by atoms with Crippen LogP contribution in [0.15, 0.2) is 48.5 Å². The highest BCUT2D eigenvalue weighted by Crippen LogP contribution is 2.25. The molecule has 0 spiro atoms. The molecular formula is C17H16N2O2. The maximum Gasteiger partial charge on any atom is 0.127 e. The molecule has 106 valence electrons. The van der Waals surface area contributed by atoms with Gasteiger partial charge < -0.3 is 14.4 Å². The van der Waals surface area contributed by atoms with E-state index in [9.17, 15) is 0 Å². The maximum atomic E-state index is 8.77. The van der Waals surface area contributed by atoms with Crippen LogP contribution in [-0.4, -0.2) is 26.3 Å². The number of morpholine rings is 1. The molecule has 0 unspecified atom stereocenters. The van der Waals surface area contributed by atoms with E-state index in [1.807, 2.05) is 12.1 Å². The molecule has 2 aromatic rings. The zero-order valence-electron chi connectivity index (χ0n) is 11.7. The predicted octanol–water partition coefficient (Wildman–Crippen LogP) is 3.19. The summed E-state index contributed by atoms with van der Waals surface area (Å²) in [5.74, 6) is 1.52. The lowest BCUT2D eigenvalue weighted by molar-refractivity contribution is 0.122. The van der Waals surface area contributed by atoms with Crippen molar-refractivity contribution >= 4 is 5.69 Å². The van der Waals surface area contributed by atoms with Crippen molar-refractivity contribution in [3.63, 3.8) is 0 Å². The molecule has 0 N–H and O–H groups in total. The summed E-state index contributed by atoms with van der Waals surface area (Å²) in [6.07, 6.45) is 0. The fraction of sp³-hybridized carbons (Fsp3) is 0.235. The first-order valence-corrected chi connectivity index (χ1v) is 6.96.